The lowest BCUT2D eigenvalue weighted by Crippen LogP contribution is -2.51. The molecule has 1 aromatic carbocycles. The maximum absolute atomic E-state index is 11.6. The summed E-state index contributed by atoms with van der Waals surface area (Å²) in [6.45, 7) is 5.59. The molecule has 128 valence electrons. The Morgan fingerprint density at radius 3 is 2.52 bits per heavy atom. The average Bonchev–Trinajstić information content (AvgIpc) is 2.55. The molecule has 23 heavy (non-hydrogen) atoms. The number of aliphatic hydroxyl groups excluding tert-OH is 1. The molecule has 0 bridgehead atoms. The van der Waals surface area contributed by atoms with Crippen molar-refractivity contribution in [3.05, 3.63) is 29.3 Å². The minimum absolute atomic E-state index is 0.222. The van der Waals surface area contributed by atoms with Crippen LogP contribution in [0.15, 0.2) is 24.3 Å². The van der Waals surface area contributed by atoms with E-state index in [4.69, 9.17) is 21.1 Å². The summed E-state index contributed by atoms with van der Waals surface area (Å²) in [6.07, 6.45) is -0.849. The van der Waals surface area contributed by atoms with Gasteiger partial charge in [0, 0.05) is 37.7 Å². The molecule has 1 N–H and O–H groups in total. The Morgan fingerprint density at radius 2 is 1.91 bits per heavy atom. The number of piperazine rings is 1. The van der Waals surface area contributed by atoms with Gasteiger partial charge in [-0.2, -0.15) is 0 Å². The van der Waals surface area contributed by atoms with Crippen molar-refractivity contribution in [2.75, 3.05) is 45.9 Å². The van der Waals surface area contributed by atoms with Crippen molar-refractivity contribution in [3.8, 4) is 5.75 Å². The summed E-state index contributed by atoms with van der Waals surface area (Å²) in [6, 6.07) is 7.04. The molecule has 1 heterocycles. The minimum Gasteiger partial charge on any atom is -0.491 e. The maximum Gasteiger partial charge on any atom is 0.409 e. The van der Waals surface area contributed by atoms with E-state index in [1.54, 1.807) is 36.1 Å². The van der Waals surface area contributed by atoms with Gasteiger partial charge < -0.3 is 19.5 Å². The molecule has 1 aliphatic heterocycles. The number of benzene rings is 1. The average molecular weight is 343 g/mol. The molecule has 0 unspecified atom stereocenters. The Bertz CT molecular complexity index is 489. The van der Waals surface area contributed by atoms with Crippen LogP contribution in [0, 0.1) is 0 Å². The number of carbonyl (C=O) groups is 1. The van der Waals surface area contributed by atoms with Crippen molar-refractivity contribution in [2.24, 2.45) is 0 Å². The summed E-state index contributed by atoms with van der Waals surface area (Å²) in [5, 5.41) is 10.7. The fraction of sp³-hybridized carbons (Fsp3) is 0.562. The molecule has 1 fully saturated rings. The molecular formula is C16H23ClN2O4. The number of β-amino-alcohol motifs (C(OH)–C–C–N with tert-alkyl or cyclic N) is 1. The van der Waals surface area contributed by atoms with Crippen molar-refractivity contribution in [1.82, 2.24) is 9.80 Å². The zero-order valence-corrected chi connectivity index (χ0v) is 14.0. The first-order chi connectivity index (χ1) is 11.1. The van der Waals surface area contributed by atoms with Gasteiger partial charge in [0.25, 0.3) is 0 Å². The maximum atomic E-state index is 11.6. The van der Waals surface area contributed by atoms with Crippen molar-refractivity contribution in [3.63, 3.8) is 0 Å². The van der Waals surface area contributed by atoms with Crippen LogP contribution in [0.25, 0.3) is 0 Å². The van der Waals surface area contributed by atoms with Crippen LogP contribution >= 0.6 is 11.6 Å². The highest BCUT2D eigenvalue weighted by molar-refractivity contribution is 6.30. The second-order valence-electron chi connectivity index (χ2n) is 5.41. The third kappa shape index (κ3) is 5.89. The summed E-state index contributed by atoms with van der Waals surface area (Å²) in [7, 11) is 0. The van der Waals surface area contributed by atoms with E-state index in [9.17, 15) is 9.90 Å². The van der Waals surface area contributed by atoms with Gasteiger partial charge >= 0.3 is 6.09 Å². The number of halogens is 1. The molecule has 0 radical (unpaired) electrons. The minimum atomic E-state index is -0.583. The summed E-state index contributed by atoms with van der Waals surface area (Å²) in [5.41, 5.74) is 0. The first-order valence-electron chi connectivity index (χ1n) is 7.79. The van der Waals surface area contributed by atoms with Gasteiger partial charge in [-0.05, 0) is 31.2 Å². The molecule has 1 atom stereocenters. The molecule has 1 aliphatic rings. The van der Waals surface area contributed by atoms with Crippen LogP contribution in [0.1, 0.15) is 6.92 Å². The second-order valence-corrected chi connectivity index (χ2v) is 5.84. The fourth-order valence-corrected chi connectivity index (χ4v) is 2.53. The van der Waals surface area contributed by atoms with Crippen LogP contribution < -0.4 is 4.74 Å². The van der Waals surface area contributed by atoms with Gasteiger partial charge in [-0.25, -0.2) is 4.79 Å². The van der Waals surface area contributed by atoms with Gasteiger partial charge in [0.1, 0.15) is 18.5 Å². The van der Waals surface area contributed by atoms with Gasteiger partial charge in [-0.1, -0.05) is 11.6 Å². The molecule has 0 saturated carbocycles. The highest BCUT2D eigenvalue weighted by Crippen LogP contribution is 2.15. The van der Waals surface area contributed by atoms with Crippen LogP contribution in [-0.2, 0) is 4.74 Å². The first-order valence-corrected chi connectivity index (χ1v) is 8.16. The summed E-state index contributed by atoms with van der Waals surface area (Å²) in [4.78, 5) is 15.4. The zero-order valence-electron chi connectivity index (χ0n) is 13.3. The predicted octanol–water partition coefficient (Wildman–Crippen LogP) is 1.85. The summed E-state index contributed by atoms with van der Waals surface area (Å²) >= 11 is 5.81. The Hall–Kier alpha value is -1.50. The molecule has 1 saturated heterocycles. The highest BCUT2D eigenvalue weighted by atomic mass is 35.5. The number of ether oxygens (including phenoxy) is 2. The van der Waals surface area contributed by atoms with E-state index in [0.717, 1.165) is 13.1 Å². The fourth-order valence-electron chi connectivity index (χ4n) is 2.40. The Balaban J connectivity index is 1.67. The van der Waals surface area contributed by atoms with Crippen molar-refractivity contribution >= 4 is 17.7 Å². The normalized spacial score (nSPS) is 16.9. The van der Waals surface area contributed by atoms with Gasteiger partial charge in [0.05, 0.1) is 6.61 Å². The van der Waals surface area contributed by atoms with Gasteiger partial charge in [0.15, 0.2) is 0 Å². The van der Waals surface area contributed by atoms with Crippen LogP contribution in [0.3, 0.4) is 0 Å². The van der Waals surface area contributed by atoms with Crippen LogP contribution in [-0.4, -0.2) is 73.0 Å². The van der Waals surface area contributed by atoms with Gasteiger partial charge in [-0.3, -0.25) is 4.90 Å². The van der Waals surface area contributed by atoms with E-state index in [0.29, 0.717) is 37.0 Å². The van der Waals surface area contributed by atoms with Crippen molar-refractivity contribution in [2.45, 2.75) is 13.0 Å². The quantitative estimate of drug-likeness (QED) is 0.855. The van der Waals surface area contributed by atoms with E-state index >= 15 is 0 Å². The lowest BCUT2D eigenvalue weighted by atomic mass is 10.2. The number of carbonyl (C=O) groups excluding carboxylic acids is 1. The molecule has 0 aromatic heterocycles. The standard InChI is InChI=1S/C16H23ClN2O4/c1-2-22-16(21)19-9-7-18(8-10-19)11-14(20)12-23-15-5-3-13(17)4-6-15/h3-6,14,20H,2,7-12H2,1H3/t14-/m0/s1. The third-order valence-electron chi connectivity index (χ3n) is 3.62. The molecule has 6 nitrogen and oxygen atoms in total. The monoisotopic (exact) mass is 342 g/mol. The lowest BCUT2D eigenvalue weighted by molar-refractivity contribution is 0.0408. The second kappa shape index (κ2) is 8.96. The Morgan fingerprint density at radius 1 is 1.26 bits per heavy atom. The molecule has 7 heteroatoms. The number of amides is 1. The van der Waals surface area contributed by atoms with Crippen LogP contribution in [0.5, 0.6) is 5.75 Å². The highest BCUT2D eigenvalue weighted by Gasteiger charge is 2.23. The number of nitrogens with zero attached hydrogens (tertiary/aromatic N) is 2. The van der Waals surface area contributed by atoms with Crippen molar-refractivity contribution in [1.29, 1.82) is 0 Å². The number of hydrogen-bond donors (Lipinski definition) is 1. The summed E-state index contributed by atoms with van der Waals surface area (Å²) < 4.78 is 10.5. The SMILES string of the molecule is CCOC(=O)N1CCN(C[C@H](O)COc2ccc(Cl)cc2)CC1. The number of aliphatic hydroxyl groups is 1. The van der Waals surface area contributed by atoms with Gasteiger partial charge in [0.2, 0.25) is 0 Å². The smallest absolute Gasteiger partial charge is 0.409 e. The first kappa shape index (κ1) is 17.8. The van der Waals surface area contributed by atoms with Gasteiger partial charge in [-0.15, -0.1) is 0 Å². The molecule has 1 aromatic rings. The van der Waals surface area contributed by atoms with E-state index in [1.165, 1.54) is 0 Å². The van der Waals surface area contributed by atoms with E-state index in [-0.39, 0.29) is 12.7 Å². The largest absolute Gasteiger partial charge is 0.491 e. The molecule has 2 rings (SSSR count). The van der Waals surface area contributed by atoms with E-state index < -0.39 is 6.10 Å². The molecule has 0 aliphatic carbocycles. The van der Waals surface area contributed by atoms with E-state index in [1.807, 2.05) is 0 Å². The number of rotatable bonds is 6. The third-order valence-corrected chi connectivity index (χ3v) is 3.88. The van der Waals surface area contributed by atoms with E-state index in [2.05, 4.69) is 4.90 Å². The predicted molar refractivity (Wildman–Crippen MR) is 88.0 cm³/mol. The molecule has 1 amide bonds. The van der Waals surface area contributed by atoms with Crippen LogP contribution in [0.2, 0.25) is 5.02 Å². The van der Waals surface area contributed by atoms with Crippen LogP contribution in [0.4, 0.5) is 4.79 Å². The topological polar surface area (TPSA) is 62.2 Å². The van der Waals surface area contributed by atoms with Crippen molar-refractivity contribution < 1.29 is 19.4 Å². The Kier molecular flexibility index (Phi) is 6.95. The Labute approximate surface area is 141 Å². The molecule has 0 spiro atoms. The summed E-state index contributed by atoms with van der Waals surface area (Å²) in [5.74, 6) is 0.681. The number of hydrogen-bond acceptors (Lipinski definition) is 5. The zero-order chi connectivity index (χ0) is 16.7. The molecular weight excluding hydrogens is 320 g/mol. The lowest BCUT2D eigenvalue weighted by Gasteiger charge is -2.34.